The van der Waals surface area contributed by atoms with Gasteiger partial charge in [0.05, 0.1) is 35.7 Å². The van der Waals surface area contributed by atoms with E-state index in [0.717, 1.165) is 70.4 Å². The van der Waals surface area contributed by atoms with Gasteiger partial charge < -0.3 is 19.7 Å². The van der Waals surface area contributed by atoms with Gasteiger partial charge in [-0.3, -0.25) is 0 Å². The minimum atomic E-state index is -0.321. The van der Waals surface area contributed by atoms with Crippen LogP contribution >= 0.6 is 23.1 Å². The van der Waals surface area contributed by atoms with Crippen molar-refractivity contribution in [1.82, 2.24) is 14.9 Å². The number of carbonyl (C=O) groups excluding carboxylic acids is 1. The largest absolute Gasteiger partial charge is 0.495 e. The Bertz CT molecular complexity index is 1380. The molecule has 0 amide bonds. The van der Waals surface area contributed by atoms with Gasteiger partial charge in [0.25, 0.3) is 0 Å². The molecule has 196 valence electrons. The van der Waals surface area contributed by atoms with E-state index in [-0.39, 0.29) is 7.40 Å². The van der Waals surface area contributed by atoms with Crippen molar-refractivity contribution in [3.8, 4) is 5.75 Å². The number of carbonyl (C=O) groups is 1. The Morgan fingerprint density at radius 1 is 1.19 bits per heavy atom. The van der Waals surface area contributed by atoms with Gasteiger partial charge in [0.15, 0.2) is 0 Å². The maximum absolute atomic E-state index is 12.3. The van der Waals surface area contributed by atoms with Crippen molar-refractivity contribution >= 4 is 50.9 Å². The number of nitrogens with one attached hydrogen (secondary N) is 1. The molecule has 7 nitrogen and oxygen atoms in total. The molecule has 1 fully saturated rings. The van der Waals surface area contributed by atoms with Gasteiger partial charge in [0.2, 0.25) is 5.95 Å². The van der Waals surface area contributed by atoms with E-state index in [2.05, 4.69) is 42.4 Å². The second kappa shape index (κ2) is 11.2. The van der Waals surface area contributed by atoms with E-state index in [1.165, 1.54) is 30.0 Å². The van der Waals surface area contributed by atoms with Crippen molar-refractivity contribution < 1.29 is 15.7 Å². The van der Waals surface area contributed by atoms with Crippen molar-refractivity contribution in [3.63, 3.8) is 0 Å². The Hall–Kier alpha value is -2.88. The van der Waals surface area contributed by atoms with Crippen LogP contribution in [0.25, 0.3) is 10.2 Å². The van der Waals surface area contributed by atoms with E-state index in [9.17, 15) is 4.79 Å². The third kappa shape index (κ3) is 5.54. The van der Waals surface area contributed by atoms with Gasteiger partial charge in [-0.25, -0.2) is 14.8 Å². The van der Waals surface area contributed by atoms with E-state index in [0.29, 0.717) is 17.4 Å². The Balaban J connectivity index is 0.00000336. The molecule has 1 aromatic carbocycles. The Kier molecular flexibility index (Phi) is 7.83. The number of esters is 1. The van der Waals surface area contributed by atoms with Crippen LogP contribution in [-0.2, 0) is 9.53 Å². The third-order valence-corrected chi connectivity index (χ3v) is 9.12. The van der Waals surface area contributed by atoms with Gasteiger partial charge in [0, 0.05) is 6.33 Å². The molecule has 1 aliphatic heterocycles. The molecule has 0 saturated carbocycles. The third-order valence-electron chi connectivity index (χ3n) is 6.99. The maximum atomic E-state index is 12.3. The number of methoxy groups -OCH3 is 2. The highest BCUT2D eigenvalue weighted by atomic mass is 32.2. The molecule has 0 atom stereocenters. The number of likely N-dealkylation sites (tertiary alicyclic amines) is 1. The highest BCUT2D eigenvalue weighted by Crippen LogP contribution is 2.41. The fourth-order valence-electron chi connectivity index (χ4n) is 4.96. The summed E-state index contributed by atoms with van der Waals surface area (Å²) in [5, 5.41) is 6.24. The van der Waals surface area contributed by atoms with Crippen LogP contribution in [-0.4, -0.2) is 55.2 Å². The van der Waals surface area contributed by atoms with Crippen molar-refractivity contribution in [1.29, 1.82) is 0 Å². The number of nitrogens with zero attached hydrogens (tertiary/aromatic N) is 3. The topological polar surface area (TPSA) is 76.6 Å². The average Bonchev–Trinajstić information content (AvgIpc) is 3.38. The zero-order chi connectivity index (χ0) is 25.9. The zero-order valence-electron chi connectivity index (χ0n) is 21.7. The van der Waals surface area contributed by atoms with Crippen molar-refractivity contribution in [3.05, 3.63) is 57.3 Å². The first-order chi connectivity index (χ1) is 18.0. The summed E-state index contributed by atoms with van der Waals surface area (Å²) in [6.45, 7) is 4.40. The smallest absolute Gasteiger partial charge is 0.338 e. The van der Waals surface area contributed by atoms with Crippen molar-refractivity contribution in [2.45, 2.75) is 43.6 Å². The number of ether oxygens (including phenoxy) is 2. The van der Waals surface area contributed by atoms with Gasteiger partial charge in [-0.1, -0.05) is 23.9 Å². The number of allylic oxidation sites excluding steroid dienone is 2. The average molecular weight is 539 g/mol. The minimum absolute atomic E-state index is 0. The highest BCUT2D eigenvalue weighted by molar-refractivity contribution is 8.03. The molecule has 3 aromatic rings. The summed E-state index contributed by atoms with van der Waals surface area (Å²) in [5.74, 6) is 1.51. The number of thioether (sulfide) groups is 1. The fourth-order valence-corrected chi connectivity index (χ4v) is 6.96. The van der Waals surface area contributed by atoms with Crippen LogP contribution in [0.1, 0.15) is 44.2 Å². The maximum Gasteiger partial charge on any atom is 0.338 e. The number of anilines is 2. The van der Waals surface area contributed by atoms with Crippen molar-refractivity contribution in [2.24, 2.45) is 0 Å². The molecular formula is C28H34N4O3S2. The van der Waals surface area contributed by atoms with Gasteiger partial charge in [-0.15, -0.1) is 11.3 Å². The van der Waals surface area contributed by atoms with Crippen LogP contribution in [0.15, 0.2) is 51.2 Å². The predicted octanol–water partition coefficient (Wildman–Crippen LogP) is 6.68. The van der Waals surface area contributed by atoms with Crippen LogP contribution in [0.4, 0.5) is 11.6 Å². The number of hydrogen-bond acceptors (Lipinski definition) is 9. The van der Waals surface area contributed by atoms with Crippen LogP contribution in [0, 0.1) is 6.92 Å². The first kappa shape index (κ1) is 25.8. The molecule has 9 heteroatoms. The van der Waals surface area contributed by atoms with Crippen LogP contribution in [0.2, 0.25) is 0 Å². The van der Waals surface area contributed by atoms with Crippen LogP contribution in [0.5, 0.6) is 5.75 Å². The van der Waals surface area contributed by atoms with Crippen LogP contribution in [0.3, 0.4) is 0 Å². The van der Waals surface area contributed by atoms with Gasteiger partial charge in [0.1, 0.15) is 10.8 Å². The molecule has 3 heterocycles. The minimum Gasteiger partial charge on any atom is -0.495 e. The molecule has 1 aliphatic carbocycles. The summed E-state index contributed by atoms with van der Waals surface area (Å²) in [6, 6.07) is 6.31. The summed E-state index contributed by atoms with van der Waals surface area (Å²) in [4.78, 5) is 25.2. The van der Waals surface area contributed by atoms with Crippen molar-refractivity contribution in [2.75, 3.05) is 39.7 Å². The van der Waals surface area contributed by atoms with Gasteiger partial charge >= 0.3 is 5.97 Å². The van der Waals surface area contributed by atoms with E-state index >= 15 is 0 Å². The number of thiophene rings is 1. The molecule has 0 bridgehead atoms. The Morgan fingerprint density at radius 2 is 1.97 bits per heavy atom. The number of hydrogen-bond donors (Lipinski definition) is 1. The molecule has 37 heavy (non-hydrogen) atoms. The summed E-state index contributed by atoms with van der Waals surface area (Å²) in [6.07, 6.45) is 8.05. The molecule has 2 aliphatic rings. The van der Waals surface area contributed by atoms with E-state index in [1.54, 1.807) is 18.4 Å². The second-order valence-corrected chi connectivity index (χ2v) is 11.4. The fraction of sp³-hybridized carbons (Fsp3) is 0.393. The number of aromatic nitrogens is 2. The number of fused-ring (bicyclic) bond motifs is 1. The quantitative estimate of drug-likeness (QED) is 0.264. The SMILES string of the molecule is COC(=O)C1=CCCC=C1Sc1nc(Nc2cc(C)c(C3CCN(C)CC3)cc2OC)nc2ccsc12.[HH]. The first-order valence-corrected chi connectivity index (χ1v) is 14.2. The zero-order valence-corrected chi connectivity index (χ0v) is 23.3. The molecule has 1 saturated heterocycles. The van der Waals surface area contributed by atoms with E-state index < -0.39 is 0 Å². The number of rotatable bonds is 7. The number of aryl methyl sites for hydroxylation is 1. The summed E-state index contributed by atoms with van der Waals surface area (Å²) < 4.78 is 11.8. The molecule has 0 unspecified atom stereocenters. The molecule has 0 radical (unpaired) electrons. The second-order valence-electron chi connectivity index (χ2n) is 9.46. The molecule has 0 spiro atoms. The Labute approximate surface area is 227 Å². The lowest BCUT2D eigenvalue weighted by molar-refractivity contribution is -0.135. The molecule has 1 N–H and O–H groups in total. The summed E-state index contributed by atoms with van der Waals surface area (Å²) >= 11 is 3.08. The molecular weight excluding hydrogens is 504 g/mol. The summed E-state index contributed by atoms with van der Waals surface area (Å²) in [7, 11) is 5.30. The lowest BCUT2D eigenvalue weighted by atomic mass is 9.86. The Morgan fingerprint density at radius 3 is 2.73 bits per heavy atom. The highest BCUT2D eigenvalue weighted by Gasteiger charge is 2.23. The summed E-state index contributed by atoms with van der Waals surface area (Å²) in [5.41, 5.74) is 4.90. The first-order valence-electron chi connectivity index (χ1n) is 12.5. The van der Waals surface area contributed by atoms with Crippen LogP contribution < -0.4 is 10.1 Å². The van der Waals surface area contributed by atoms with E-state index in [1.807, 2.05) is 17.5 Å². The molecule has 5 rings (SSSR count). The van der Waals surface area contributed by atoms with Gasteiger partial charge in [-0.2, -0.15) is 0 Å². The number of piperidine rings is 1. The van der Waals surface area contributed by atoms with Gasteiger partial charge in [-0.05, 0) is 93.4 Å². The predicted molar refractivity (Wildman–Crippen MR) is 153 cm³/mol. The standard InChI is InChI=1S/C28H32N4O3S2.H2/c1-17-15-22(23(34-3)16-20(17)18-9-12-32(2)13-10-18)30-28-29-21-11-14-36-25(21)26(31-28)37-24-8-6-5-7-19(24)27(33)35-4;/h7-8,11,14-16,18H,5-6,9-10,12-13H2,1-4H3,(H,29,30,31);1H. The monoisotopic (exact) mass is 538 g/mol. The normalized spacial score (nSPS) is 16.9. The lowest BCUT2D eigenvalue weighted by Gasteiger charge is -2.30. The number of benzene rings is 1. The molecule has 2 aromatic heterocycles. The van der Waals surface area contributed by atoms with E-state index in [4.69, 9.17) is 19.4 Å². The lowest BCUT2D eigenvalue weighted by Crippen LogP contribution is -2.29.